The fourth-order valence-electron chi connectivity index (χ4n) is 6.98. The van der Waals surface area contributed by atoms with Gasteiger partial charge in [0, 0.05) is 68.6 Å². The summed E-state index contributed by atoms with van der Waals surface area (Å²) in [4.78, 5) is 4.93. The number of thiophene rings is 2. The third kappa shape index (κ3) is 3.77. The number of nitrogens with zero attached hydrogens (tertiary/aromatic N) is 2. The molecule has 0 unspecified atom stereocenters. The smallest absolute Gasteiger partial charge is 0.0717 e. The third-order valence-corrected chi connectivity index (χ3v) is 11.4. The summed E-state index contributed by atoms with van der Waals surface area (Å²) in [5.74, 6) is 0. The molecule has 0 aliphatic rings. The maximum absolute atomic E-state index is 4.93. The van der Waals surface area contributed by atoms with Crippen molar-refractivity contribution < 1.29 is 0 Å². The van der Waals surface area contributed by atoms with Gasteiger partial charge in [-0.2, -0.15) is 0 Å². The fraction of sp³-hybridized carbons (Fsp3) is 0. The SMILES string of the molecule is c1cc(-c2cc3sc4ccccc4c3cn2)cc(-n2c3ccccc3c3cc(-c4cccc5c4sc4ccccc45)ccc32)c1. The van der Waals surface area contributed by atoms with Gasteiger partial charge in [0.25, 0.3) is 0 Å². The van der Waals surface area contributed by atoms with Crippen LogP contribution in [-0.4, -0.2) is 9.55 Å². The lowest BCUT2D eigenvalue weighted by Crippen LogP contribution is -1.94. The zero-order valence-corrected chi connectivity index (χ0v) is 25.7. The molecule has 10 aromatic rings. The minimum Gasteiger partial charge on any atom is -0.309 e. The highest BCUT2D eigenvalue weighted by Crippen LogP contribution is 2.42. The van der Waals surface area contributed by atoms with Crippen molar-refractivity contribution in [2.75, 3.05) is 0 Å². The van der Waals surface area contributed by atoms with Crippen molar-refractivity contribution in [3.05, 3.63) is 146 Å². The maximum Gasteiger partial charge on any atom is 0.0717 e. The van der Waals surface area contributed by atoms with Gasteiger partial charge in [-0.05, 0) is 59.7 Å². The highest BCUT2D eigenvalue weighted by atomic mass is 32.1. The quantitative estimate of drug-likeness (QED) is 0.195. The largest absolute Gasteiger partial charge is 0.309 e. The van der Waals surface area contributed by atoms with E-state index in [1.165, 1.54) is 73.3 Å². The molecule has 2 nitrogen and oxygen atoms in total. The summed E-state index contributed by atoms with van der Waals surface area (Å²) in [5.41, 5.74) is 8.19. The van der Waals surface area contributed by atoms with Gasteiger partial charge in [0.1, 0.15) is 0 Å². The van der Waals surface area contributed by atoms with Crippen molar-refractivity contribution in [3.63, 3.8) is 0 Å². The van der Waals surface area contributed by atoms with Gasteiger partial charge in [-0.25, -0.2) is 0 Å². The van der Waals surface area contributed by atoms with E-state index < -0.39 is 0 Å². The molecule has 4 heteroatoms. The van der Waals surface area contributed by atoms with Crippen LogP contribution in [0.2, 0.25) is 0 Å². The zero-order chi connectivity index (χ0) is 29.5. The Bertz CT molecular complexity index is 2780. The number of rotatable bonds is 3. The van der Waals surface area contributed by atoms with Crippen LogP contribution in [0, 0.1) is 0 Å². The second kappa shape index (κ2) is 9.60. The third-order valence-electron chi connectivity index (χ3n) is 9.05. The van der Waals surface area contributed by atoms with E-state index in [1.54, 1.807) is 0 Å². The first kappa shape index (κ1) is 25.1. The Morgan fingerprint density at radius 2 is 1.16 bits per heavy atom. The first-order valence-electron chi connectivity index (χ1n) is 15.1. The topological polar surface area (TPSA) is 17.8 Å². The monoisotopic (exact) mass is 608 g/mol. The van der Waals surface area contributed by atoms with E-state index in [9.17, 15) is 0 Å². The van der Waals surface area contributed by atoms with Crippen LogP contribution in [0.3, 0.4) is 0 Å². The van der Waals surface area contributed by atoms with Crippen LogP contribution in [0.1, 0.15) is 0 Å². The van der Waals surface area contributed by atoms with Gasteiger partial charge in [-0.1, -0.05) is 91.0 Å². The lowest BCUT2D eigenvalue weighted by molar-refractivity contribution is 1.18. The molecule has 210 valence electrons. The zero-order valence-electron chi connectivity index (χ0n) is 24.1. The first-order valence-corrected chi connectivity index (χ1v) is 16.8. The molecule has 0 saturated heterocycles. The molecule has 0 fully saturated rings. The van der Waals surface area contributed by atoms with Crippen LogP contribution in [-0.2, 0) is 0 Å². The van der Waals surface area contributed by atoms with Gasteiger partial charge in [0.05, 0.1) is 16.7 Å². The van der Waals surface area contributed by atoms with Crippen LogP contribution in [0.4, 0.5) is 0 Å². The summed E-state index contributed by atoms with van der Waals surface area (Å²) in [6.07, 6.45) is 2.04. The van der Waals surface area contributed by atoms with Crippen LogP contribution in [0.25, 0.3) is 90.2 Å². The van der Waals surface area contributed by atoms with Gasteiger partial charge in [0.15, 0.2) is 0 Å². The standard InChI is InChI=1S/C41H24N2S2/c1-4-16-36-29(11-1)33-22-25(28-14-8-15-32-30-12-2-6-18-39(30)45-41(28)32)19-20-37(33)43(36)27-10-7-9-26(21-27)35-23-40-34(24-42-35)31-13-3-5-17-38(31)44-40/h1-24H. The van der Waals surface area contributed by atoms with Crippen LogP contribution < -0.4 is 0 Å². The summed E-state index contributed by atoms with van der Waals surface area (Å²) in [7, 11) is 0. The Balaban J connectivity index is 1.14. The van der Waals surface area contributed by atoms with E-state index in [4.69, 9.17) is 4.98 Å². The molecule has 0 radical (unpaired) electrons. The van der Waals surface area contributed by atoms with Gasteiger partial charge in [0.2, 0.25) is 0 Å². The lowest BCUT2D eigenvalue weighted by atomic mass is 10.0. The fourth-order valence-corrected chi connectivity index (χ4v) is 9.33. The van der Waals surface area contributed by atoms with Crippen molar-refractivity contribution >= 4 is 84.8 Å². The number of para-hydroxylation sites is 1. The van der Waals surface area contributed by atoms with E-state index in [1.807, 2.05) is 28.9 Å². The van der Waals surface area contributed by atoms with E-state index in [0.29, 0.717) is 0 Å². The van der Waals surface area contributed by atoms with Crippen LogP contribution >= 0.6 is 22.7 Å². The average molecular weight is 609 g/mol. The number of pyridine rings is 1. The van der Waals surface area contributed by atoms with E-state index >= 15 is 0 Å². The molecule has 0 N–H and O–H groups in total. The van der Waals surface area contributed by atoms with Gasteiger partial charge >= 0.3 is 0 Å². The van der Waals surface area contributed by atoms with Gasteiger partial charge in [-0.3, -0.25) is 4.98 Å². The molecule has 0 spiro atoms. The minimum absolute atomic E-state index is 0.996. The van der Waals surface area contributed by atoms with Crippen molar-refractivity contribution in [1.29, 1.82) is 0 Å². The molecule has 0 aliphatic heterocycles. The first-order chi connectivity index (χ1) is 22.3. The minimum atomic E-state index is 0.996. The number of benzene rings is 6. The second-order valence-electron chi connectivity index (χ2n) is 11.6. The summed E-state index contributed by atoms with van der Waals surface area (Å²) in [6.45, 7) is 0. The Morgan fingerprint density at radius 3 is 2.04 bits per heavy atom. The Morgan fingerprint density at radius 1 is 0.444 bits per heavy atom. The normalized spacial score (nSPS) is 12.0. The molecule has 4 heterocycles. The maximum atomic E-state index is 4.93. The van der Waals surface area contributed by atoms with Crippen molar-refractivity contribution in [2.24, 2.45) is 0 Å². The Hall–Kier alpha value is -5.29. The second-order valence-corrected chi connectivity index (χ2v) is 13.7. The van der Waals surface area contributed by atoms with Crippen molar-refractivity contribution in [3.8, 4) is 28.1 Å². The molecule has 0 amide bonds. The number of hydrogen-bond acceptors (Lipinski definition) is 3. The summed E-state index contributed by atoms with van der Waals surface area (Å²) >= 11 is 3.72. The van der Waals surface area contributed by atoms with Crippen LogP contribution in [0.5, 0.6) is 0 Å². The van der Waals surface area contributed by atoms with Crippen molar-refractivity contribution in [1.82, 2.24) is 9.55 Å². The molecule has 0 atom stereocenters. The molecule has 45 heavy (non-hydrogen) atoms. The lowest BCUT2D eigenvalue weighted by Gasteiger charge is -2.11. The van der Waals surface area contributed by atoms with E-state index in [2.05, 4.69) is 144 Å². The Labute approximate surface area is 267 Å². The molecule has 0 bridgehead atoms. The molecule has 4 aromatic heterocycles. The Kier molecular flexibility index (Phi) is 5.35. The van der Waals surface area contributed by atoms with E-state index in [-0.39, 0.29) is 0 Å². The molecular formula is C41H24N2S2. The number of fused-ring (bicyclic) bond motifs is 9. The summed E-state index contributed by atoms with van der Waals surface area (Å²) < 4.78 is 7.64. The molecule has 10 rings (SSSR count). The summed E-state index contributed by atoms with van der Waals surface area (Å²) in [5, 5.41) is 7.68. The van der Waals surface area contributed by atoms with E-state index in [0.717, 1.165) is 16.9 Å². The predicted molar refractivity (Wildman–Crippen MR) is 195 cm³/mol. The van der Waals surface area contributed by atoms with Gasteiger partial charge in [-0.15, -0.1) is 22.7 Å². The highest BCUT2D eigenvalue weighted by Gasteiger charge is 2.16. The van der Waals surface area contributed by atoms with Crippen molar-refractivity contribution in [2.45, 2.75) is 0 Å². The van der Waals surface area contributed by atoms with Crippen LogP contribution in [0.15, 0.2) is 146 Å². The average Bonchev–Trinajstić information content (AvgIpc) is 3.77. The predicted octanol–water partition coefficient (Wildman–Crippen LogP) is 12.2. The summed E-state index contributed by atoms with van der Waals surface area (Å²) in [6, 6.07) is 50.8. The molecule has 0 aliphatic carbocycles. The number of aromatic nitrogens is 2. The molecular weight excluding hydrogens is 585 g/mol. The highest BCUT2D eigenvalue weighted by molar-refractivity contribution is 7.26. The number of hydrogen-bond donors (Lipinski definition) is 0. The molecule has 6 aromatic carbocycles. The van der Waals surface area contributed by atoms with Gasteiger partial charge < -0.3 is 4.57 Å². The molecule has 0 saturated carbocycles.